The topological polar surface area (TPSA) is 44.5 Å². The molecule has 18 heavy (non-hydrogen) atoms. The number of hydrogen-bond donors (Lipinski definition) is 1. The molecule has 0 aliphatic heterocycles. The minimum atomic E-state index is 0.436. The summed E-state index contributed by atoms with van der Waals surface area (Å²) in [6, 6.07) is 7.84. The van der Waals surface area contributed by atoms with Crippen molar-refractivity contribution in [2.24, 2.45) is 11.3 Å². The van der Waals surface area contributed by atoms with E-state index in [0.717, 1.165) is 22.3 Å². The molecule has 1 saturated carbocycles. The Kier molecular flexibility index (Phi) is 2.36. The average Bonchev–Trinajstić information content (AvgIpc) is 2.81. The van der Waals surface area contributed by atoms with Crippen LogP contribution in [0.1, 0.15) is 25.8 Å². The molecule has 1 fully saturated rings. The molecule has 4 heteroatoms. The van der Waals surface area contributed by atoms with E-state index in [9.17, 15) is 0 Å². The summed E-state index contributed by atoms with van der Waals surface area (Å²) >= 11 is 5.38. The third-order valence-electron chi connectivity index (χ3n) is 4.02. The van der Waals surface area contributed by atoms with Gasteiger partial charge in [0.2, 0.25) is 0 Å². The maximum Gasteiger partial charge on any atom is 0.178 e. The third kappa shape index (κ3) is 1.75. The minimum Gasteiger partial charge on any atom is -0.331 e. The van der Waals surface area contributed by atoms with E-state index in [1.807, 2.05) is 18.2 Å². The molecule has 2 aromatic rings. The Bertz CT molecular complexity index is 715. The Morgan fingerprint density at radius 2 is 2.28 bits per heavy atom. The highest BCUT2D eigenvalue weighted by molar-refractivity contribution is 7.71. The summed E-state index contributed by atoms with van der Waals surface area (Å²) in [5.41, 5.74) is 3.17. The molecule has 0 bridgehead atoms. The van der Waals surface area contributed by atoms with E-state index in [1.54, 1.807) is 0 Å². The molecule has 1 N–H and O–H groups in total. The lowest BCUT2D eigenvalue weighted by atomic mass is 10.1. The molecule has 0 amide bonds. The van der Waals surface area contributed by atoms with Gasteiger partial charge in [-0.15, -0.1) is 0 Å². The Balaban J connectivity index is 2.08. The summed E-state index contributed by atoms with van der Waals surface area (Å²) in [5.74, 6) is 0.689. The first-order valence-corrected chi connectivity index (χ1v) is 6.55. The second-order valence-electron chi connectivity index (χ2n) is 5.77. The highest BCUT2D eigenvalue weighted by Crippen LogP contribution is 2.52. The van der Waals surface area contributed by atoms with Crippen molar-refractivity contribution in [2.75, 3.05) is 0 Å². The standard InChI is InChI=1S/C14H15N3S/c1-14(2)6-10(14)8-17-12-5-9(7-15)3-4-11(12)16-13(17)18/h3-5,10H,6,8H2,1-2H3,(H,16,18). The molecular weight excluding hydrogens is 242 g/mol. The van der Waals surface area contributed by atoms with Crippen LogP contribution in [0.15, 0.2) is 18.2 Å². The maximum atomic E-state index is 8.98. The highest BCUT2D eigenvalue weighted by atomic mass is 32.1. The monoisotopic (exact) mass is 257 g/mol. The van der Waals surface area contributed by atoms with E-state index in [0.29, 0.717) is 16.9 Å². The van der Waals surface area contributed by atoms with Crippen LogP contribution in [0.3, 0.4) is 0 Å². The van der Waals surface area contributed by atoms with Gasteiger partial charge in [0, 0.05) is 6.54 Å². The number of H-pyrrole nitrogens is 1. The molecule has 92 valence electrons. The summed E-state index contributed by atoms with van der Waals surface area (Å²) in [4.78, 5) is 3.21. The smallest absolute Gasteiger partial charge is 0.178 e. The number of aromatic amines is 1. The van der Waals surface area contributed by atoms with Gasteiger partial charge in [-0.3, -0.25) is 0 Å². The van der Waals surface area contributed by atoms with Crippen molar-refractivity contribution in [1.82, 2.24) is 9.55 Å². The number of rotatable bonds is 2. The third-order valence-corrected chi connectivity index (χ3v) is 4.35. The Hall–Kier alpha value is -1.60. The zero-order valence-electron chi connectivity index (χ0n) is 10.5. The number of nitriles is 1. The summed E-state index contributed by atoms with van der Waals surface area (Å²) in [5, 5.41) is 8.98. The van der Waals surface area contributed by atoms with E-state index in [2.05, 4.69) is 29.5 Å². The van der Waals surface area contributed by atoms with Gasteiger partial charge in [0.1, 0.15) is 0 Å². The van der Waals surface area contributed by atoms with E-state index in [1.165, 1.54) is 6.42 Å². The van der Waals surface area contributed by atoms with Crippen LogP contribution in [0.2, 0.25) is 0 Å². The minimum absolute atomic E-state index is 0.436. The van der Waals surface area contributed by atoms with Gasteiger partial charge in [-0.1, -0.05) is 13.8 Å². The first kappa shape index (κ1) is 11.5. The van der Waals surface area contributed by atoms with E-state index in [-0.39, 0.29) is 0 Å². The summed E-state index contributed by atoms with van der Waals surface area (Å²) in [6.07, 6.45) is 1.25. The maximum absolute atomic E-state index is 8.98. The fraction of sp³-hybridized carbons (Fsp3) is 0.429. The second-order valence-corrected chi connectivity index (χ2v) is 6.16. The summed E-state index contributed by atoms with van der Waals surface area (Å²) in [6.45, 7) is 5.52. The van der Waals surface area contributed by atoms with Gasteiger partial charge in [-0.05, 0) is 48.2 Å². The van der Waals surface area contributed by atoms with Crippen molar-refractivity contribution in [3.05, 3.63) is 28.5 Å². The summed E-state index contributed by atoms with van der Waals surface area (Å²) in [7, 11) is 0. The molecule has 1 atom stereocenters. The number of fused-ring (bicyclic) bond motifs is 1. The molecule has 1 unspecified atom stereocenters. The van der Waals surface area contributed by atoms with Gasteiger partial charge < -0.3 is 9.55 Å². The van der Waals surface area contributed by atoms with Crippen molar-refractivity contribution in [3.8, 4) is 6.07 Å². The van der Waals surface area contributed by atoms with E-state index < -0.39 is 0 Å². The molecule has 0 radical (unpaired) electrons. The van der Waals surface area contributed by atoms with Crippen molar-refractivity contribution in [1.29, 1.82) is 5.26 Å². The zero-order valence-corrected chi connectivity index (χ0v) is 11.3. The van der Waals surface area contributed by atoms with Crippen molar-refractivity contribution >= 4 is 23.3 Å². The van der Waals surface area contributed by atoms with Gasteiger partial charge in [0.25, 0.3) is 0 Å². The number of hydrogen-bond acceptors (Lipinski definition) is 2. The molecule has 3 rings (SSSR count). The fourth-order valence-electron chi connectivity index (χ4n) is 2.51. The Labute approximate surface area is 111 Å². The number of nitrogens with zero attached hydrogens (tertiary/aromatic N) is 2. The molecule has 1 aromatic carbocycles. The number of aromatic nitrogens is 2. The van der Waals surface area contributed by atoms with Gasteiger partial charge in [0.15, 0.2) is 4.77 Å². The van der Waals surface area contributed by atoms with Crippen molar-refractivity contribution in [3.63, 3.8) is 0 Å². The predicted octanol–water partition coefficient (Wildman–Crippen LogP) is 3.62. The predicted molar refractivity (Wildman–Crippen MR) is 73.7 cm³/mol. The molecule has 1 aliphatic carbocycles. The normalized spacial score (nSPS) is 20.8. The van der Waals surface area contributed by atoms with Crippen LogP contribution in [0.25, 0.3) is 11.0 Å². The SMILES string of the molecule is CC1(C)CC1Cn1c(=S)[nH]c2ccc(C#N)cc21. The molecule has 1 aliphatic rings. The highest BCUT2D eigenvalue weighted by Gasteiger charge is 2.45. The van der Waals surface area contributed by atoms with Crippen molar-refractivity contribution < 1.29 is 0 Å². The molecule has 1 aromatic heterocycles. The van der Waals surface area contributed by atoms with Crippen LogP contribution < -0.4 is 0 Å². The van der Waals surface area contributed by atoms with Crippen LogP contribution >= 0.6 is 12.2 Å². The van der Waals surface area contributed by atoms with Crippen molar-refractivity contribution in [2.45, 2.75) is 26.8 Å². The largest absolute Gasteiger partial charge is 0.331 e. The molecule has 0 saturated heterocycles. The molecule has 0 spiro atoms. The molecule has 3 nitrogen and oxygen atoms in total. The van der Waals surface area contributed by atoms with Crippen LogP contribution in [-0.4, -0.2) is 9.55 Å². The lowest BCUT2D eigenvalue weighted by molar-refractivity contribution is 0.502. The first-order chi connectivity index (χ1) is 8.51. The van der Waals surface area contributed by atoms with Crippen LogP contribution in [0, 0.1) is 27.4 Å². The quantitative estimate of drug-likeness (QED) is 0.835. The average molecular weight is 257 g/mol. The lowest BCUT2D eigenvalue weighted by Crippen LogP contribution is -2.03. The van der Waals surface area contributed by atoms with E-state index >= 15 is 0 Å². The fourth-order valence-corrected chi connectivity index (χ4v) is 2.79. The van der Waals surface area contributed by atoms with Crippen LogP contribution in [0.4, 0.5) is 0 Å². The van der Waals surface area contributed by atoms with Gasteiger partial charge in [-0.25, -0.2) is 0 Å². The van der Waals surface area contributed by atoms with Crippen LogP contribution in [-0.2, 0) is 6.54 Å². The van der Waals surface area contributed by atoms with Gasteiger partial charge in [0.05, 0.1) is 22.7 Å². The summed E-state index contributed by atoms with van der Waals surface area (Å²) < 4.78 is 2.88. The lowest BCUT2D eigenvalue weighted by Gasteiger charge is -2.06. The zero-order chi connectivity index (χ0) is 12.9. The van der Waals surface area contributed by atoms with Gasteiger partial charge in [-0.2, -0.15) is 5.26 Å². The Morgan fingerprint density at radius 1 is 1.56 bits per heavy atom. The van der Waals surface area contributed by atoms with E-state index in [4.69, 9.17) is 17.5 Å². The van der Waals surface area contributed by atoms with Crippen LogP contribution in [0.5, 0.6) is 0 Å². The number of benzene rings is 1. The molecule has 1 heterocycles. The number of nitrogens with one attached hydrogen (secondary N) is 1. The molecular formula is C14H15N3S. The second kappa shape index (κ2) is 3.69. The Morgan fingerprint density at radius 3 is 2.89 bits per heavy atom. The number of imidazole rings is 1. The first-order valence-electron chi connectivity index (χ1n) is 6.14. The van der Waals surface area contributed by atoms with Gasteiger partial charge >= 0.3 is 0 Å².